The predicted molar refractivity (Wildman–Crippen MR) is 75.1 cm³/mol. The summed E-state index contributed by atoms with van der Waals surface area (Å²) in [7, 11) is 0. The lowest BCUT2D eigenvalue weighted by Crippen LogP contribution is -1.93. The second-order valence-corrected chi connectivity index (χ2v) is 5.13. The zero-order valence-electron chi connectivity index (χ0n) is 9.14. The second-order valence-electron chi connectivity index (χ2n) is 3.42. The van der Waals surface area contributed by atoms with Crippen LogP contribution in [0.15, 0.2) is 34.8 Å². The molecule has 0 saturated heterocycles. The maximum absolute atomic E-state index is 10.7. The molecule has 8 heteroatoms. The lowest BCUT2D eigenvalue weighted by molar-refractivity contribution is -0.385. The van der Waals surface area contributed by atoms with E-state index in [4.69, 9.17) is 27.9 Å². The quantitative estimate of drug-likeness (QED) is 0.444. The highest BCUT2D eigenvalue weighted by atomic mass is 79.9. The fourth-order valence-electron chi connectivity index (χ4n) is 1.29. The molecule has 1 aromatic carbocycles. The first-order valence-corrected chi connectivity index (χ1v) is 6.45. The van der Waals surface area contributed by atoms with Gasteiger partial charge in [-0.2, -0.15) is 0 Å². The monoisotopic (exact) mass is 362 g/mol. The van der Waals surface area contributed by atoms with Crippen molar-refractivity contribution in [2.24, 2.45) is 0 Å². The normalized spacial score (nSPS) is 10.3. The van der Waals surface area contributed by atoms with Crippen LogP contribution in [-0.2, 0) is 0 Å². The van der Waals surface area contributed by atoms with Crippen molar-refractivity contribution >= 4 is 44.8 Å². The van der Waals surface area contributed by atoms with E-state index in [1.807, 2.05) is 0 Å². The van der Waals surface area contributed by atoms with Crippen LogP contribution in [0.5, 0.6) is 11.6 Å². The summed E-state index contributed by atoms with van der Waals surface area (Å²) in [5, 5.41) is 11.0. The van der Waals surface area contributed by atoms with Crippen molar-refractivity contribution in [2.75, 3.05) is 0 Å². The highest BCUT2D eigenvalue weighted by molar-refractivity contribution is 9.10. The summed E-state index contributed by atoms with van der Waals surface area (Å²) in [5.74, 6) is 0.319. The van der Waals surface area contributed by atoms with E-state index < -0.39 is 4.92 Å². The Labute approximate surface area is 126 Å². The first kappa shape index (κ1) is 14.0. The number of benzene rings is 1. The lowest BCUT2D eigenvalue weighted by Gasteiger charge is -2.07. The number of hydrogen-bond acceptors (Lipinski definition) is 4. The van der Waals surface area contributed by atoms with Crippen LogP contribution in [0.2, 0.25) is 10.2 Å². The number of ether oxygens (including phenoxy) is 1. The molecule has 2 rings (SSSR count). The van der Waals surface area contributed by atoms with Gasteiger partial charge in [-0.3, -0.25) is 10.1 Å². The number of halogens is 3. The Morgan fingerprint density at radius 1 is 1.26 bits per heavy atom. The molecule has 5 nitrogen and oxygen atoms in total. The molecule has 0 fully saturated rings. The maximum atomic E-state index is 10.7. The van der Waals surface area contributed by atoms with Crippen molar-refractivity contribution in [1.29, 1.82) is 0 Å². The fraction of sp³-hybridized carbons (Fsp3) is 0. The Hall–Kier alpha value is -1.37. The minimum absolute atomic E-state index is 0.000741. The largest absolute Gasteiger partial charge is 0.437 e. The van der Waals surface area contributed by atoms with Gasteiger partial charge in [-0.15, -0.1) is 0 Å². The van der Waals surface area contributed by atoms with Gasteiger partial charge in [-0.05, 0) is 18.2 Å². The predicted octanol–water partition coefficient (Wildman–Crippen LogP) is 4.85. The number of aromatic nitrogens is 1. The van der Waals surface area contributed by atoms with Gasteiger partial charge in [-0.1, -0.05) is 39.1 Å². The first-order chi connectivity index (χ1) is 8.95. The van der Waals surface area contributed by atoms with Crippen molar-refractivity contribution in [3.05, 3.63) is 55.1 Å². The number of nitrogens with zero attached hydrogens (tertiary/aromatic N) is 2. The molecule has 0 saturated carbocycles. The standard InChI is InChI=1S/C11H5BrCl2N2O3/c12-6-1-2-8(13)9(3-6)19-11-5-7(16(17)18)4-10(14)15-11/h1-5H. The van der Waals surface area contributed by atoms with Crippen LogP contribution >= 0.6 is 39.1 Å². The summed E-state index contributed by atoms with van der Waals surface area (Å²) >= 11 is 14.9. The summed E-state index contributed by atoms with van der Waals surface area (Å²) < 4.78 is 6.15. The molecule has 0 radical (unpaired) electrons. The summed E-state index contributed by atoms with van der Waals surface area (Å²) in [6, 6.07) is 7.29. The highest BCUT2D eigenvalue weighted by Crippen LogP contribution is 2.33. The molecule has 1 heterocycles. The van der Waals surface area contributed by atoms with Crippen molar-refractivity contribution < 1.29 is 9.66 Å². The summed E-state index contributed by atoms with van der Waals surface area (Å²) in [6.07, 6.45) is 0. The Morgan fingerprint density at radius 3 is 2.68 bits per heavy atom. The van der Waals surface area contributed by atoms with Crippen LogP contribution in [0, 0.1) is 10.1 Å². The molecule has 0 N–H and O–H groups in total. The zero-order valence-corrected chi connectivity index (χ0v) is 12.2. The molecule has 1 aromatic heterocycles. The van der Waals surface area contributed by atoms with Crippen LogP contribution < -0.4 is 4.74 Å². The van der Waals surface area contributed by atoms with Gasteiger partial charge >= 0.3 is 0 Å². The third-order valence-corrected chi connectivity index (χ3v) is 3.07. The van der Waals surface area contributed by atoms with E-state index in [1.54, 1.807) is 18.2 Å². The number of rotatable bonds is 3. The fourth-order valence-corrected chi connectivity index (χ4v) is 1.98. The average Bonchev–Trinajstić information content (AvgIpc) is 2.33. The SMILES string of the molecule is O=[N+]([O-])c1cc(Cl)nc(Oc2cc(Br)ccc2Cl)c1. The summed E-state index contributed by atoms with van der Waals surface area (Å²) in [6.45, 7) is 0. The number of nitro groups is 1. The van der Waals surface area contributed by atoms with E-state index in [0.717, 1.165) is 10.5 Å². The van der Waals surface area contributed by atoms with Gasteiger partial charge in [-0.25, -0.2) is 4.98 Å². The Morgan fingerprint density at radius 2 is 2.00 bits per heavy atom. The van der Waals surface area contributed by atoms with Gasteiger partial charge in [0, 0.05) is 4.47 Å². The molecule has 19 heavy (non-hydrogen) atoms. The van der Waals surface area contributed by atoms with Crippen LogP contribution in [0.3, 0.4) is 0 Å². The molecule has 0 spiro atoms. The Kier molecular flexibility index (Phi) is 4.24. The third-order valence-electron chi connectivity index (χ3n) is 2.07. The molecule has 0 unspecified atom stereocenters. The number of pyridine rings is 1. The van der Waals surface area contributed by atoms with Crippen molar-refractivity contribution in [3.63, 3.8) is 0 Å². The molecule has 0 aliphatic carbocycles. The molecular formula is C11H5BrCl2N2O3. The van der Waals surface area contributed by atoms with Crippen molar-refractivity contribution in [1.82, 2.24) is 4.98 Å². The molecule has 0 atom stereocenters. The van der Waals surface area contributed by atoms with Gasteiger partial charge in [0.15, 0.2) is 0 Å². The third kappa shape index (κ3) is 3.56. The van der Waals surface area contributed by atoms with E-state index >= 15 is 0 Å². The maximum Gasteiger partial charge on any atom is 0.277 e. The molecular weight excluding hydrogens is 359 g/mol. The molecule has 98 valence electrons. The summed E-state index contributed by atoms with van der Waals surface area (Å²) in [4.78, 5) is 14.0. The van der Waals surface area contributed by atoms with Gasteiger partial charge in [0.2, 0.25) is 5.88 Å². The van der Waals surface area contributed by atoms with Gasteiger partial charge in [0.1, 0.15) is 10.9 Å². The molecule has 0 bridgehead atoms. The van der Waals surface area contributed by atoms with Crippen LogP contribution in [0.25, 0.3) is 0 Å². The van der Waals surface area contributed by atoms with Crippen LogP contribution in [-0.4, -0.2) is 9.91 Å². The minimum atomic E-state index is -0.580. The van der Waals surface area contributed by atoms with E-state index in [1.165, 1.54) is 6.07 Å². The topological polar surface area (TPSA) is 65.3 Å². The molecule has 0 aliphatic rings. The van der Waals surface area contributed by atoms with E-state index in [0.29, 0.717) is 10.8 Å². The smallest absolute Gasteiger partial charge is 0.277 e. The highest BCUT2D eigenvalue weighted by Gasteiger charge is 2.13. The van der Waals surface area contributed by atoms with E-state index in [9.17, 15) is 10.1 Å². The van der Waals surface area contributed by atoms with Crippen molar-refractivity contribution in [3.8, 4) is 11.6 Å². The number of hydrogen-bond donors (Lipinski definition) is 0. The zero-order chi connectivity index (χ0) is 14.0. The molecule has 0 aliphatic heterocycles. The average molecular weight is 364 g/mol. The second kappa shape index (κ2) is 5.73. The van der Waals surface area contributed by atoms with Gasteiger partial charge < -0.3 is 4.74 Å². The summed E-state index contributed by atoms with van der Waals surface area (Å²) in [5.41, 5.74) is -0.207. The van der Waals surface area contributed by atoms with Gasteiger partial charge in [0.05, 0.1) is 22.1 Å². The Bertz CT molecular complexity index is 652. The van der Waals surface area contributed by atoms with Crippen LogP contribution in [0.1, 0.15) is 0 Å². The van der Waals surface area contributed by atoms with Crippen LogP contribution in [0.4, 0.5) is 5.69 Å². The van der Waals surface area contributed by atoms with E-state index in [-0.39, 0.29) is 16.7 Å². The lowest BCUT2D eigenvalue weighted by atomic mass is 10.3. The molecule has 2 aromatic rings. The minimum Gasteiger partial charge on any atom is -0.437 e. The first-order valence-electron chi connectivity index (χ1n) is 4.90. The van der Waals surface area contributed by atoms with Gasteiger partial charge in [0.25, 0.3) is 5.69 Å². The van der Waals surface area contributed by atoms with Crippen molar-refractivity contribution in [2.45, 2.75) is 0 Å². The Balaban J connectivity index is 2.38. The van der Waals surface area contributed by atoms with E-state index in [2.05, 4.69) is 20.9 Å². The molecule has 0 amide bonds.